The fourth-order valence-electron chi connectivity index (χ4n) is 2.41. The van der Waals surface area contributed by atoms with Crippen molar-refractivity contribution in [2.45, 2.75) is 45.1 Å². The number of pyridine rings is 1. The SMILES string of the molecule is CC1CCCC(Nc2nc(N)c(F)cc2F)CC1. The van der Waals surface area contributed by atoms with Crippen LogP contribution in [0.2, 0.25) is 0 Å². The van der Waals surface area contributed by atoms with Gasteiger partial charge in [-0.1, -0.05) is 19.8 Å². The molecule has 3 nitrogen and oxygen atoms in total. The number of aromatic nitrogens is 1. The molecule has 2 atom stereocenters. The molecule has 1 saturated carbocycles. The first-order valence-corrected chi connectivity index (χ1v) is 6.44. The van der Waals surface area contributed by atoms with Crippen LogP contribution in [0.5, 0.6) is 0 Å². The van der Waals surface area contributed by atoms with Gasteiger partial charge >= 0.3 is 0 Å². The zero-order valence-electron chi connectivity index (χ0n) is 10.5. The molecule has 3 N–H and O–H groups in total. The van der Waals surface area contributed by atoms with Gasteiger partial charge in [-0.3, -0.25) is 0 Å². The van der Waals surface area contributed by atoms with Crippen molar-refractivity contribution in [1.82, 2.24) is 4.98 Å². The van der Waals surface area contributed by atoms with Crippen molar-refractivity contribution in [3.05, 3.63) is 17.7 Å². The van der Waals surface area contributed by atoms with Crippen molar-refractivity contribution < 1.29 is 8.78 Å². The maximum Gasteiger partial charge on any atom is 0.168 e. The average molecular weight is 255 g/mol. The molecule has 1 aromatic heterocycles. The van der Waals surface area contributed by atoms with Gasteiger partial charge in [-0.05, 0) is 25.2 Å². The molecule has 0 saturated heterocycles. The van der Waals surface area contributed by atoms with E-state index in [0.717, 1.165) is 31.7 Å². The lowest BCUT2D eigenvalue weighted by Crippen LogP contribution is -2.20. The molecule has 1 heterocycles. The predicted octanol–water partition coefficient (Wildman–Crippen LogP) is 3.32. The highest BCUT2D eigenvalue weighted by Crippen LogP contribution is 2.26. The second-order valence-corrected chi connectivity index (χ2v) is 5.14. The van der Waals surface area contributed by atoms with E-state index in [-0.39, 0.29) is 17.7 Å². The zero-order chi connectivity index (χ0) is 13.1. The van der Waals surface area contributed by atoms with Gasteiger partial charge < -0.3 is 11.1 Å². The number of nitrogens with two attached hydrogens (primary N) is 1. The van der Waals surface area contributed by atoms with Crippen LogP contribution in [0.4, 0.5) is 20.4 Å². The van der Waals surface area contributed by atoms with E-state index in [4.69, 9.17) is 5.73 Å². The highest BCUT2D eigenvalue weighted by Gasteiger charge is 2.18. The third kappa shape index (κ3) is 3.09. The first kappa shape index (κ1) is 13.1. The first-order valence-electron chi connectivity index (χ1n) is 6.44. The van der Waals surface area contributed by atoms with Crippen LogP contribution in [0.25, 0.3) is 0 Å². The minimum absolute atomic E-state index is 0.0634. The van der Waals surface area contributed by atoms with Crippen molar-refractivity contribution in [3.63, 3.8) is 0 Å². The van der Waals surface area contributed by atoms with Crippen LogP contribution in [0, 0.1) is 17.6 Å². The second-order valence-electron chi connectivity index (χ2n) is 5.14. The van der Waals surface area contributed by atoms with Crippen LogP contribution < -0.4 is 11.1 Å². The normalized spacial score (nSPS) is 24.6. The monoisotopic (exact) mass is 255 g/mol. The summed E-state index contributed by atoms with van der Waals surface area (Å²) in [5.41, 5.74) is 5.35. The van der Waals surface area contributed by atoms with Crippen LogP contribution in [-0.4, -0.2) is 11.0 Å². The third-order valence-corrected chi connectivity index (χ3v) is 3.55. The fourth-order valence-corrected chi connectivity index (χ4v) is 2.41. The Kier molecular flexibility index (Phi) is 3.99. The van der Waals surface area contributed by atoms with Crippen molar-refractivity contribution in [2.24, 2.45) is 5.92 Å². The van der Waals surface area contributed by atoms with Gasteiger partial charge in [0, 0.05) is 12.1 Å². The van der Waals surface area contributed by atoms with Crippen LogP contribution >= 0.6 is 0 Å². The van der Waals surface area contributed by atoms with Gasteiger partial charge in [0.2, 0.25) is 0 Å². The summed E-state index contributed by atoms with van der Waals surface area (Å²) in [6.45, 7) is 2.23. The topological polar surface area (TPSA) is 50.9 Å². The molecule has 0 aromatic carbocycles. The third-order valence-electron chi connectivity index (χ3n) is 3.55. The second kappa shape index (κ2) is 5.50. The van der Waals surface area contributed by atoms with Gasteiger partial charge in [0.1, 0.15) is 0 Å². The molecule has 1 aromatic rings. The zero-order valence-corrected chi connectivity index (χ0v) is 10.5. The summed E-state index contributed by atoms with van der Waals surface area (Å²) >= 11 is 0. The van der Waals surface area contributed by atoms with E-state index < -0.39 is 11.6 Å². The lowest BCUT2D eigenvalue weighted by molar-refractivity contribution is 0.501. The molecular weight excluding hydrogens is 236 g/mol. The Labute approximate surface area is 106 Å². The highest BCUT2D eigenvalue weighted by molar-refractivity contribution is 5.45. The van der Waals surface area contributed by atoms with Gasteiger partial charge in [-0.25, -0.2) is 13.8 Å². The number of hydrogen-bond acceptors (Lipinski definition) is 3. The molecular formula is C13H19F2N3. The van der Waals surface area contributed by atoms with Gasteiger partial charge in [-0.15, -0.1) is 0 Å². The van der Waals surface area contributed by atoms with Gasteiger partial charge in [0.15, 0.2) is 23.3 Å². The largest absolute Gasteiger partial charge is 0.381 e. The number of hydrogen-bond donors (Lipinski definition) is 2. The Morgan fingerprint density at radius 3 is 2.78 bits per heavy atom. The molecule has 0 amide bonds. The fraction of sp³-hybridized carbons (Fsp3) is 0.615. The Morgan fingerprint density at radius 1 is 1.22 bits per heavy atom. The molecule has 2 rings (SSSR count). The molecule has 0 aliphatic heterocycles. The Hall–Kier alpha value is -1.39. The maximum atomic E-state index is 13.5. The maximum absolute atomic E-state index is 13.5. The number of rotatable bonds is 2. The van der Waals surface area contributed by atoms with Crippen LogP contribution in [-0.2, 0) is 0 Å². The van der Waals surface area contributed by atoms with Crippen molar-refractivity contribution in [3.8, 4) is 0 Å². The van der Waals surface area contributed by atoms with E-state index in [1.807, 2.05) is 0 Å². The lowest BCUT2D eigenvalue weighted by atomic mass is 10.0. The van der Waals surface area contributed by atoms with E-state index in [1.165, 1.54) is 6.42 Å². The summed E-state index contributed by atoms with van der Waals surface area (Å²) in [5.74, 6) is -0.978. The minimum Gasteiger partial charge on any atom is -0.381 e. The first-order chi connectivity index (χ1) is 8.56. The molecule has 18 heavy (non-hydrogen) atoms. The number of halogens is 2. The molecule has 2 unspecified atom stereocenters. The van der Waals surface area contributed by atoms with E-state index >= 15 is 0 Å². The van der Waals surface area contributed by atoms with E-state index in [1.54, 1.807) is 0 Å². The molecule has 1 aliphatic carbocycles. The number of nitrogens with one attached hydrogen (secondary N) is 1. The summed E-state index contributed by atoms with van der Waals surface area (Å²) in [5, 5.41) is 3.04. The van der Waals surface area contributed by atoms with Crippen LogP contribution in [0.15, 0.2) is 6.07 Å². The number of anilines is 2. The van der Waals surface area contributed by atoms with Crippen molar-refractivity contribution in [2.75, 3.05) is 11.1 Å². The van der Waals surface area contributed by atoms with Gasteiger partial charge in [0.25, 0.3) is 0 Å². The number of nitrogen functional groups attached to an aromatic ring is 1. The quantitative estimate of drug-likeness (QED) is 0.797. The lowest BCUT2D eigenvalue weighted by Gasteiger charge is -2.17. The van der Waals surface area contributed by atoms with Gasteiger partial charge in [-0.2, -0.15) is 0 Å². The summed E-state index contributed by atoms with van der Waals surface area (Å²) in [6.07, 6.45) is 5.43. The summed E-state index contributed by atoms with van der Waals surface area (Å²) in [6, 6.07) is 0.978. The highest BCUT2D eigenvalue weighted by atomic mass is 19.1. The molecule has 1 aliphatic rings. The molecule has 0 bridgehead atoms. The summed E-state index contributed by atoms with van der Waals surface area (Å²) in [4.78, 5) is 3.73. The smallest absolute Gasteiger partial charge is 0.168 e. The molecule has 5 heteroatoms. The standard InChI is InChI=1S/C13H19F2N3/c1-8-3-2-4-9(6-5-8)17-13-11(15)7-10(14)12(16)18-13/h7-9H,2-6H2,1H3,(H3,16,17,18). The van der Waals surface area contributed by atoms with E-state index in [9.17, 15) is 8.78 Å². The number of nitrogens with zero attached hydrogens (tertiary/aromatic N) is 1. The molecule has 100 valence electrons. The average Bonchev–Trinajstić information content (AvgIpc) is 2.51. The van der Waals surface area contributed by atoms with E-state index in [0.29, 0.717) is 5.92 Å². The van der Waals surface area contributed by atoms with E-state index in [2.05, 4.69) is 17.2 Å². The minimum atomic E-state index is -0.812. The van der Waals surface area contributed by atoms with Crippen LogP contribution in [0.3, 0.4) is 0 Å². The van der Waals surface area contributed by atoms with Gasteiger partial charge in [0.05, 0.1) is 0 Å². The Bertz CT molecular complexity index is 423. The Balaban J connectivity index is 2.06. The van der Waals surface area contributed by atoms with Crippen molar-refractivity contribution >= 4 is 11.6 Å². The summed E-state index contributed by atoms with van der Waals surface area (Å²) in [7, 11) is 0. The summed E-state index contributed by atoms with van der Waals surface area (Å²) < 4.78 is 26.5. The van der Waals surface area contributed by atoms with Crippen LogP contribution in [0.1, 0.15) is 39.0 Å². The van der Waals surface area contributed by atoms with Crippen molar-refractivity contribution in [1.29, 1.82) is 0 Å². The molecule has 0 spiro atoms. The molecule has 1 fully saturated rings. The predicted molar refractivity (Wildman–Crippen MR) is 68.2 cm³/mol. The Morgan fingerprint density at radius 2 is 2.00 bits per heavy atom. The molecule has 0 radical (unpaired) electrons.